The number of nitrogens with zero attached hydrogens (tertiary/aromatic N) is 2. The average molecular weight is 514 g/mol. The first-order chi connectivity index (χ1) is 19.9. The zero-order valence-electron chi connectivity index (χ0n) is 21.9. The van der Waals surface area contributed by atoms with Gasteiger partial charge in [-0.3, -0.25) is 4.98 Å². The lowest BCUT2D eigenvalue weighted by Crippen LogP contribution is -2.28. The van der Waals surface area contributed by atoms with Gasteiger partial charge in [0, 0.05) is 35.2 Å². The summed E-state index contributed by atoms with van der Waals surface area (Å²) in [6, 6.07) is 41.9. The van der Waals surface area contributed by atoms with Crippen molar-refractivity contribution in [3.8, 4) is 11.1 Å². The van der Waals surface area contributed by atoms with Crippen molar-refractivity contribution in [3.05, 3.63) is 180 Å². The Labute approximate surface area is 233 Å². The number of fused-ring (bicyclic) bond motifs is 5. The van der Waals surface area contributed by atoms with Crippen LogP contribution >= 0.6 is 0 Å². The SMILES string of the molecule is C1=CC(n2ccc3c4c(ccc32)C(c2ccccc2)(c2ccccc2)c2ccccc2-4)NC(c2ccncc2)=C1. The molecule has 40 heavy (non-hydrogen) atoms. The normalized spacial score (nSPS) is 16.7. The van der Waals surface area contributed by atoms with E-state index in [-0.39, 0.29) is 11.6 Å². The van der Waals surface area contributed by atoms with E-state index < -0.39 is 0 Å². The number of dihydropyridines is 1. The fraction of sp³-hybridized carbons (Fsp3) is 0.0541. The molecule has 2 aliphatic rings. The van der Waals surface area contributed by atoms with E-state index in [2.05, 4.69) is 142 Å². The van der Waals surface area contributed by atoms with Gasteiger partial charge in [-0.2, -0.15) is 0 Å². The molecule has 0 spiro atoms. The molecule has 3 heteroatoms. The molecule has 0 saturated carbocycles. The van der Waals surface area contributed by atoms with Crippen LogP contribution in [0.5, 0.6) is 0 Å². The third kappa shape index (κ3) is 3.21. The van der Waals surface area contributed by atoms with Crippen molar-refractivity contribution in [2.75, 3.05) is 0 Å². The second-order valence-corrected chi connectivity index (χ2v) is 10.5. The summed E-state index contributed by atoms with van der Waals surface area (Å²) in [5, 5.41) is 5.00. The Hall–Kier alpha value is -5.15. The van der Waals surface area contributed by atoms with Crippen LogP contribution in [0.1, 0.15) is 34.0 Å². The summed E-state index contributed by atoms with van der Waals surface area (Å²) >= 11 is 0. The number of hydrogen-bond donors (Lipinski definition) is 1. The minimum absolute atomic E-state index is 0.00775. The molecule has 0 fully saturated rings. The Morgan fingerprint density at radius 1 is 0.675 bits per heavy atom. The summed E-state index contributed by atoms with van der Waals surface area (Å²) in [4.78, 5) is 4.18. The quantitative estimate of drug-likeness (QED) is 0.258. The second kappa shape index (κ2) is 8.96. The Kier molecular flexibility index (Phi) is 5.11. The predicted octanol–water partition coefficient (Wildman–Crippen LogP) is 8.10. The smallest absolute Gasteiger partial charge is 0.123 e. The van der Waals surface area contributed by atoms with E-state index >= 15 is 0 Å². The van der Waals surface area contributed by atoms with Crippen LogP contribution in [0.15, 0.2) is 152 Å². The lowest BCUT2D eigenvalue weighted by atomic mass is 9.67. The molecule has 1 atom stereocenters. The number of nitrogens with one attached hydrogen (secondary N) is 1. The highest BCUT2D eigenvalue weighted by Crippen LogP contribution is 2.57. The van der Waals surface area contributed by atoms with E-state index in [1.165, 1.54) is 44.3 Å². The highest BCUT2D eigenvalue weighted by molar-refractivity contribution is 6.03. The van der Waals surface area contributed by atoms with Crippen LogP contribution in [0.2, 0.25) is 0 Å². The topological polar surface area (TPSA) is 29.9 Å². The van der Waals surface area contributed by atoms with Crippen LogP contribution in [0, 0.1) is 0 Å². The number of aromatic nitrogens is 2. The van der Waals surface area contributed by atoms with Gasteiger partial charge in [0.2, 0.25) is 0 Å². The van der Waals surface area contributed by atoms with Gasteiger partial charge in [0.25, 0.3) is 0 Å². The maximum absolute atomic E-state index is 4.18. The molecule has 1 unspecified atom stereocenters. The van der Waals surface area contributed by atoms with Gasteiger partial charge in [-0.05, 0) is 69.8 Å². The molecule has 3 nitrogen and oxygen atoms in total. The van der Waals surface area contributed by atoms with Crippen LogP contribution in [-0.4, -0.2) is 9.55 Å². The fourth-order valence-corrected chi connectivity index (χ4v) is 6.81. The molecule has 0 saturated heterocycles. The van der Waals surface area contributed by atoms with E-state index in [9.17, 15) is 0 Å². The summed E-state index contributed by atoms with van der Waals surface area (Å²) in [6.45, 7) is 0. The van der Waals surface area contributed by atoms with Crippen LogP contribution in [0.25, 0.3) is 27.7 Å². The first-order valence-electron chi connectivity index (χ1n) is 13.8. The number of pyridine rings is 1. The molecular weight excluding hydrogens is 486 g/mol. The van der Waals surface area contributed by atoms with Crippen molar-refractivity contribution in [2.45, 2.75) is 11.6 Å². The van der Waals surface area contributed by atoms with E-state index in [1.807, 2.05) is 24.5 Å². The van der Waals surface area contributed by atoms with Gasteiger partial charge in [-0.25, -0.2) is 0 Å². The van der Waals surface area contributed by atoms with E-state index in [1.54, 1.807) is 0 Å². The highest BCUT2D eigenvalue weighted by atomic mass is 15.2. The molecule has 1 aliphatic carbocycles. The van der Waals surface area contributed by atoms with Gasteiger partial charge in [0.05, 0.1) is 10.9 Å². The molecule has 8 rings (SSSR count). The molecule has 2 aromatic heterocycles. The largest absolute Gasteiger partial charge is 0.361 e. The summed E-state index contributed by atoms with van der Waals surface area (Å²) in [6.07, 6.45) is 12.4. The van der Waals surface area contributed by atoms with Crippen LogP contribution in [-0.2, 0) is 5.41 Å². The number of rotatable bonds is 4. The molecular formula is C37H27N3. The summed E-state index contributed by atoms with van der Waals surface area (Å²) in [5.74, 6) is 0. The maximum Gasteiger partial charge on any atom is 0.123 e. The van der Waals surface area contributed by atoms with Crippen molar-refractivity contribution >= 4 is 16.6 Å². The van der Waals surface area contributed by atoms with Crippen molar-refractivity contribution in [1.29, 1.82) is 0 Å². The zero-order chi connectivity index (χ0) is 26.5. The van der Waals surface area contributed by atoms with Gasteiger partial charge in [-0.15, -0.1) is 0 Å². The first kappa shape index (κ1) is 22.8. The molecule has 1 aliphatic heterocycles. The Balaban J connectivity index is 1.34. The van der Waals surface area contributed by atoms with Gasteiger partial charge < -0.3 is 9.88 Å². The summed E-state index contributed by atoms with van der Waals surface area (Å²) in [7, 11) is 0. The van der Waals surface area contributed by atoms with Crippen molar-refractivity contribution in [2.24, 2.45) is 0 Å². The van der Waals surface area contributed by atoms with Crippen LogP contribution < -0.4 is 5.32 Å². The van der Waals surface area contributed by atoms with Crippen LogP contribution in [0.3, 0.4) is 0 Å². The first-order valence-corrected chi connectivity index (χ1v) is 13.8. The zero-order valence-corrected chi connectivity index (χ0v) is 21.9. The van der Waals surface area contributed by atoms with E-state index in [0.717, 1.165) is 11.3 Å². The Morgan fingerprint density at radius 3 is 2.12 bits per heavy atom. The van der Waals surface area contributed by atoms with Gasteiger partial charge in [0.15, 0.2) is 0 Å². The summed E-state index contributed by atoms with van der Waals surface area (Å²) < 4.78 is 2.34. The third-order valence-corrected chi connectivity index (χ3v) is 8.47. The standard InChI is InChI=1S/C37H27N3/c1-3-10-27(11-4-1)37(28-12-5-2-6-13-28)31-15-8-7-14-29(31)36-30-22-25-40(34(30)19-18-32(36)37)35-17-9-16-33(39-35)26-20-23-38-24-21-26/h1-25,35,39H. The lowest BCUT2D eigenvalue weighted by Gasteiger charge is -2.33. The third-order valence-electron chi connectivity index (χ3n) is 8.47. The Bertz CT molecular complexity index is 1880. The van der Waals surface area contributed by atoms with Gasteiger partial charge in [0.1, 0.15) is 6.17 Å². The molecule has 0 amide bonds. The van der Waals surface area contributed by atoms with Gasteiger partial charge >= 0.3 is 0 Å². The molecule has 0 bridgehead atoms. The number of benzene rings is 4. The fourth-order valence-electron chi connectivity index (χ4n) is 6.81. The number of hydrogen-bond acceptors (Lipinski definition) is 2. The van der Waals surface area contributed by atoms with Gasteiger partial charge in [-0.1, -0.05) is 97.1 Å². The maximum atomic E-state index is 4.18. The second-order valence-electron chi connectivity index (χ2n) is 10.5. The van der Waals surface area contributed by atoms with Crippen molar-refractivity contribution < 1.29 is 0 Å². The molecule has 3 heterocycles. The van der Waals surface area contributed by atoms with Crippen molar-refractivity contribution in [1.82, 2.24) is 14.9 Å². The molecule has 0 radical (unpaired) electrons. The average Bonchev–Trinajstić information content (AvgIpc) is 3.60. The Morgan fingerprint density at radius 2 is 1.38 bits per heavy atom. The molecule has 190 valence electrons. The summed E-state index contributed by atoms with van der Waals surface area (Å²) in [5.41, 5.74) is 10.9. The lowest BCUT2D eigenvalue weighted by molar-refractivity contribution is 0.573. The monoisotopic (exact) mass is 513 g/mol. The van der Waals surface area contributed by atoms with E-state index in [0.29, 0.717) is 0 Å². The minimum Gasteiger partial charge on any atom is -0.361 e. The van der Waals surface area contributed by atoms with Crippen LogP contribution in [0.4, 0.5) is 0 Å². The highest BCUT2D eigenvalue weighted by Gasteiger charge is 2.46. The minimum atomic E-state index is -0.384. The molecule has 6 aromatic rings. The number of allylic oxidation sites excluding steroid dienone is 2. The van der Waals surface area contributed by atoms with E-state index in [4.69, 9.17) is 0 Å². The molecule has 4 aromatic carbocycles. The predicted molar refractivity (Wildman–Crippen MR) is 163 cm³/mol. The molecule has 1 N–H and O–H groups in total. The van der Waals surface area contributed by atoms with Crippen molar-refractivity contribution in [3.63, 3.8) is 0 Å².